The highest BCUT2D eigenvalue weighted by Crippen LogP contribution is 2.42. The van der Waals surface area contributed by atoms with E-state index in [4.69, 9.17) is 4.74 Å². The number of ether oxygens (including phenoxy) is 1. The summed E-state index contributed by atoms with van der Waals surface area (Å²) in [5, 5.41) is 3.82. The molecular weight excluding hydrogens is 437 g/mol. The van der Waals surface area contributed by atoms with Crippen molar-refractivity contribution in [3.05, 3.63) is 59.7 Å². The van der Waals surface area contributed by atoms with Crippen molar-refractivity contribution in [2.45, 2.75) is 64.2 Å². The Hall–Kier alpha value is -2.19. The summed E-state index contributed by atoms with van der Waals surface area (Å²) >= 11 is 1.55. The molecule has 2 aromatic carbocycles. The lowest BCUT2D eigenvalue weighted by Gasteiger charge is -2.43. The van der Waals surface area contributed by atoms with Crippen LogP contribution in [0.1, 0.15) is 57.0 Å². The van der Waals surface area contributed by atoms with Crippen LogP contribution >= 0.6 is 11.8 Å². The van der Waals surface area contributed by atoms with Crippen molar-refractivity contribution in [2.75, 3.05) is 5.75 Å². The number of alkyl halides is 3. The Balaban J connectivity index is 1.88. The number of carbonyl (C=O) groups excluding carboxylic acids is 1. The van der Waals surface area contributed by atoms with Crippen molar-refractivity contribution in [3.8, 4) is 11.5 Å². The molecule has 0 saturated carbocycles. The highest BCUT2D eigenvalue weighted by Gasteiger charge is 2.40. The Morgan fingerprint density at radius 3 is 2.25 bits per heavy atom. The minimum Gasteiger partial charge on any atom is -0.457 e. The maximum atomic E-state index is 13.0. The van der Waals surface area contributed by atoms with E-state index in [2.05, 4.69) is 32.7 Å². The molecule has 1 heterocycles. The number of hydrazine groups is 1. The fourth-order valence-electron chi connectivity index (χ4n) is 3.74. The molecule has 174 valence electrons. The Labute approximate surface area is 191 Å². The first-order chi connectivity index (χ1) is 15.2. The van der Waals surface area contributed by atoms with Gasteiger partial charge in [0.05, 0.1) is 11.3 Å². The van der Waals surface area contributed by atoms with Crippen LogP contribution in [0.5, 0.6) is 11.5 Å². The molecule has 1 amide bonds. The van der Waals surface area contributed by atoms with Gasteiger partial charge >= 0.3 is 6.18 Å². The first-order valence-corrected chi connectivity index (χ1v) is 11.9. The molecule has 0 radical (unpaired) electrons. The van der Waals surface area contributed by atoms with Gasteiger partial charge < -0.3 is 4.74 Å². The minimum absolute atomic E-state index is 0.0600. The van der Waals surface area contributed by atoms with Crippen LogP contribution in [0.2, 0.25) is 0 Å². The molecule has 8 heteroatoms. The lowest BCUT2D eigenvalue weighted by molar-refractivity contribution is -0.157. The summed E-state index contributed by atoms with van der Waals surface area (Å²) in [5.74, 6) is 0.988. The van der Waals surface area contributed by atoms with Gasteiger partial charge in [0.1, 0.15) is 16.9 Å². The zero-order valence-electron chi connectivity index (χ0n) is 18.7. The third-order valence-corrected chi connectivity index (χ3v) is 6.92. The van der Waals surface area contributed by atoms with E-state index in [1.54, 1.807) is 30.0 Å². The fraction of sp³-hybridized carbons (Fsp3) is 0.458. The van der Waals surface area contributed by atoms with Crippen molar-refractivity contribution in [1.82, 2.24) is 10.0 Å². The average Bonchev–Trinajstić information content (AvgIpc) is 3.14. The normalized spacial score (nSPS) is 18.8. The number of rotatable bonds is 8. The van der Waals surface area contributed by atoms with Gasteiger partial charge in [-0.05, 0) is 62.6 Å². The van der Waals surface area contributed by atoms with E-state index in [1.165, 1.54) is 12.1 Å². The lowest BCUT2D eigenvalue weighted by atomic mass is 10.1. The van der Waals surface area contributed by atoms with Crippen LogP contribution in [-0.2, 0) is 11.0 Å². The second kappa shape index (κ2) is 10.2. The molecule has 1 aliphatic heterocycles. The number of hydrogen-bond acceptors (Lipinski definition) is 4. The van der Waals surface area contributed by atoms with Crippen molar-refractivity contribution < 1.29 is 22.7 Å². The Kier molecular flexibility index (Phi) is 7.77. The first kappa shape index (κ1) is 24.5. The molecule has 3 unspecified atom stereocenters. The second-order valence-electron chi connectivity index (χ2n) is 8.00. The average molecular weight is 467 g/mol. The molecule has 32 heavy (non-hydrogen) atoms. The molecule has 4 nitrogen and oxygen atoms in total. The van der Waals surface area contributed by atoms with Gasteiger partial charge in [-0.3, -0.25) is 9.80 Å². The fourth-order valence-corrected chi connectivity index (χ4v) is 4.88. The van der Waals surface area contributed by atoms with Crippen LogP contribution in [0.3, 0.4) is 0 Å². The second-order valence-corrected chi connectivity index (χ2v) is 9.06. The molecule has 0 aromatic heterocycles. The van der Waals surface area contributed by atoms with Crippen LogP contribution in [0, 0.1) is 0 Å². The Bertz CT molecular complexity index is 927. The quantitative estimate of drug-likeness (QED) is 0.424. The summed E-state index contributed by atoms with van der Waals surface area (Å²) in [6.45, 7) is 8.44. The van der Waals surface area contributed by atoms with E-state index < -0.39 is 11.7 Å². The molecule has 1 fully saturated rings. The summed E-state index contributed by atoms with van der Waals surface area (Å²) in [6, 6.07) is 12.4. The van der Waals surface area contributed by atoms with E-state index in [9.17, 15) is 18.0 Å². The van der Waals surface area contributed by atoms with Crippen LogP contribution in [0.25, 0.3) is 0 Å². The van der Waals surface area contributed by atoms with E-state index in [1.807, 2.05) is 11.1 Å². The highest BCUT2D eigenvalue weighted by atomic mass is 32.2. The predicted octanol–water partition coefficient (Wildman–Crippen LogP) is 6.89. The third-order valence-electron chi connectivity index (χ3n) is 5.72. The van der Waals surface area contributed by atoms with Gasteiger partial charge in [-0.15, -0.1) is 11.8 Å². The molecule has 1 saturated heterocycles. The van der Waals surface area contributed by atoms with Crippen LogP contribution in [0.4, 0.5) is 13.2 Å². The number of hydrogen-bond donors (Lipinski definition) is 0. The summed E-state index contributed by atoms with van der Waals surface area (Å²) in [6.07, 6.45) is -2.62. The Morgan fingerprint density at radius 2 is 1.66 bits per heavy atom. The van der Waals surface area contributed by atoms with Crippen LogP contribution in [-0.4, -0.2) is 33.8 Å². The zero-order chi connectivity index (χ0) is 23.5. The van der Waals surface area contributed by atoms with Crippen LogP contribution < -0.4 is 4.74 Å². The first-order valence-electron chi connectivity index (χ1n) is 10.8. The van der Waals surface area contributed by atoms with Gasteiger partial charge in [0.25, 0.3) is 0 Å². The maximum absolute atomic E-state index is 13.0. The minimum atomic E-state index is -4.43. The molecular formula is C24H29F3N2O2S. The smallest absolute Gasteiger partial charge is 0.416 e. The number of halogens is 3. The van der Waals surface area contributed by atoms with Gasteiger partial charge in [-0.1, -0.05) is 32.0 Å². The molecule has 3 atom stereocenters. The van der Waals surface area contributed by atoms with Crippen molar-refractivity contribution >= 4 is 17.7 Å². The maximum Gasteiger partial charge on any atom is 0.416 e. The predicted molar refractivity (Wildman–Crippen MR) is 121 cm³/mol. The molecule has 0 bridgehead atoms. The zero-order valence-corrected chi connectivity index (χ0v) is 19.5. The van der Waals surface area contributed by atoms with E-state index >= 15 is 0 Å². The summed E-state index contributed by atoms with van der Waals surface area (Å²) in [5.41, 5.74) is 0.119. The van der Waals surface area contributed by atoms with Crippen molar-refractivity contribution in [3.63, 3.8) is 0 Å². The molecule has 0 N–H and O–H groups in total. The van der Waals surface area contributed by atoms with Crippen LogP contribution in [0.15, 0.2) is 48.5 Å². The number of carbonyl (C=O) groups is 1. The largest absolute Gasteiger partial charge is 0.457 e. The van der Waals surface area contributed by atoms with Gasteiger partial charge in [-0.25, -0.2) is 5.01 Å². The van der Waals surface area contributed by atoms with E-state index in [0.29, 0.717) is 11.5 Å². The molecule has 1 aliphatic rings. The Morgan fingerprint density at radius 1 is 1.06 bits per heavy atom. The van der Waals surface area contributed by atoms with Gasteiger partial charge in [0.15, 0.2) is 0 Å². The lowest BCUT2D eigenvalue weighted by Crippen LogP contribution is -2.53. The highest BCUT2D eigenvalue weighted by molar-refractivity contribution is 8.00. The van der Waals surface area contributed by atoms with E-state index in [0.717, 1.165) is 30.5 Å². The number of thioether (sulfide) groups is 1. The monoisotopic (exact) mass is 466 g/mol. The summed E-state index contributed by atoms with van der Waals surface area (Å²) < 4.78 is 44.8. The summed E-state index contributed by atoms with van der Waals surface area (Å²) in [7, 11) is 0. The van der Waals surface area contributed by atoms with Gasteiger partial charge in [-0.2, -0.15) is 13.2 Å². The molecule has 3 rings (SSSR count). The topological polar surface area (TPSA) is 32.8 Å². The number of nitrogens with zero attached hydrogens (tertiary/aromatic N) is 2. The number of benzene rings is 2. The number of amides is 1. The van der Waals surface area contributed by atoms with Crippen molar-refractivity contribution in [2.24, 2.45) is 0 Å². The summed E-state index contributed by atoms with van der Waals surface area (Å²) in [4.78, 5) is 12.9. The van der Waals surface area contributed by atoms with Gasteiger partial charge in [0.2, 0.25) is 5.91 Å². The molecule has 0 spiro atoms. The SMILES string of the molecule is CCC(C)N(C(C)CC)N1C(=O)CSC1c1cccc(Oc2cccc(C(F)(F)F)c2)c1. The van der Waals surface area contributed by atoms with Crippen molar-refractivity contribution in [1.29, 1.82) is 0 Å². The molecule has 0 aliphatic carbocycles. The van der Waals surface area contributed by atoms with E-state index in [-0.39, 0.29) is 29.1 Å². The molecule has 2 aromatic rings. The van der Waals surface area contributed by atoms with Gasteiger partial charge in [0, 0.05) is 12.1 Å². The third kappa shape index (κ3) is 5.41. The standard InChI is InChI=1S/C24H29F3N2O2S/c1-5-16(3)28(17(4)6-2)29-22(30)15-32-23(29)18-9-7-11-20(13-18)31-21-12-8-10-19(14-21)24(25,26)27/h7-14,16-17,23H,5-6,15H2,1-4H3.